The second-order valence-electron chi connectivity index (χ2n) is 4.52. The molecule has 0 atom stereocenters. The van der Waals surface area contributed by atoms with Crippen molar-refractivity contribution in [3.05, 3.63) is 22.8 Å². The first-order valence-corrected chi connectivity index (χ1v) is 6.82. The van der Waals surface area contributed by atoms with Gasteiger partial charge in [-0.2, -0.15) is 0 Å². The molecule has 1 fully saturated rings. The summed E-state index contributed by atoms with van der Waals surface area (Å²) in [5, 5.41) is 2.78. The number of pyridine rings is 1. The molecule has 1 amide bonds. The normalized spacial score (nSPS) is 15.9. The van der Waals surface area contributed by atoms with Gasteiger partial charge in [-0.25, -0.2) is 4.98 Å². The van der Waals surface area contributed by atoms with Crippen LogP contribution in [0.4, 0.5) is 5.82 Å². The number of piperidine rings is 1. The van der Waals surface area contributed by atoms with E-state index >= 15 is 0 Å². The lowest BCUT2D eigenvalue weighted by Crippen LogP contribution is -2.43. The Morgan fingerprint density at radius 3 is 2.60 bits per heavy atom. The lowest BCUT2D eigenvalue weighted by molar-refractivity contribution is -0.117. The van der Waals surface area contributed by atoms with E-state index in [0.29, 0.717) is 12.4 Å². The summed E-state index contributed by atoms with van der Waals surface area (Å²) >= 11 is 3.30. The average molecular weight is 386 g/mol. The molecule has 0 unspecified atom stereocenters. The highest BCUT2D eigenvalue weighted by Gasteiger charge is 2.18. The topological polar surface area (TPSA) is 71.2 Å². The van der Waals surface area contributed by atoms with Crippen LogP contribution in [0.5, 0.6) is 0 Å². The SMILES string of the molecule is Cl.Cl.NC1CCN(CC(=O)Nc2ccc(Br)cn2)CC1. The minimum Gasteiger partial charge on any atom is -0.328 e. The zero-order valence-electron chi connectivity index (χ0n) is 10.9. The van der Waals surface area contributed by atoms with Gasteiger partial charge >= 0.3 is 0 Å². The standard InChI is InChI=1S/C12H17BrN4O.2ClH/c13-9-1-2-11(15-7-9)16-12(18)8-17-5-3-10(14)4-6-17;;/h1-2,7,10H,3-6,8,14H2,(H,15,16,18);2*1H. The van der Waals surface area contributed by atoms with Crippen molar-refractivity contribution in [2.75, 3.05) is 25.0 Å². The molecule has 0 bridgehead atoms. The third-order valence-electron chi connectivity index (χ3n) is 2.99. The van der Waals surface area contributed by atoms with E-state index in [-0.39, 0.29) is 36.8 Å². The van der Waals surface area contributed by atoms with E-state index in [1.54, 1.807) is 12.3 Å². The monoisotopic (exact) mass is 384 g/mol. The van der Waals surface area contributed by atoms with Crippen LogP contribution in [0.25, 0.3) is 0 Å². The molecular formula is C12H19BrCl2N4O. The van der Waals surface area contributed by atoms with Crippen molar-refractivity contribution < 1.29 is 4.79 Å². The first-order chi connectivity index (χ1) is 8.63. The van der Waals surface area contributed by atoms with Crippen LogP contribution < -0.4 is 11.1 Å². The number of likely N-dealkylation sites (tertiary alicyclic amines) is 1. The van der Waals surface area contributed by atoms with E-state index in [2.05, 4.69) is 31.1 Å². The van der Waals surface area contributed by atoms with Gasteiger partial charge in [0.25, 0.3) is 0 Å². The quantitative estimate of drug-likeness (QED) is 0.835. The predicted octanol–water partition coefficient (Wildman–Crippen LogP) is 2.05. The molecule has 0 spiro atoms. The molecule has 114 valence electrons. The number of nitrogens with two attached hydrogens (primary N) is 1. The van der Waals surface area contributed by atoms with Crippen molar-refractivity contribution in [3.8, 4) is 0 Å². The van der Waals surface area contributed by atoms with Crippen molar-refractivity contribution in [1.29, 1.82) is 0 Å². The molecule has 0 saturated carbocycles. The fourth-order valence-corrected chi connectivity index (χ4v) is 2.18. The van der Waals surface area contributed by atoms with Crippen molar-refractivity contribution in [2.24, 2.45) is 5.73 Å². The number of carbonyl (C=O) groups excluding carboxylic acids is 1. The molecule has 8 heteroatoms. The maximum atomic E-state index is 11.8. The van der Waals surface area contributed by atoms with E-state index < -0.39 is 0 Å². The molecule has 0 radical (unpaired) electrons. The third-order valence-corrected chi connectivity index (χ3v) is 3.46. The summed E-state index contributed by atoms with van der Waals surface area (Å²) in [6, 6.07) is 3.91. The van der Waals surface area contributed by atoms with E-state index in [9.17, 15) is 4.79 Å². The van der Waals surface area contributed by atoms with E-state index in [0.717, 1.165) is 30.4 Å². The molecule has 2 rings (SSSR count). The average Bonchev–Trinajstić information content (AvgIpc) is 2.35. The second-order valence-corrected chi connectivity index (χ2v) is 5.44. The fourth-order valence-electron chi connectivity index (χ4n) is 1.95. The predicted molar refractivity (Wildman–Crippen MR) is 88.7 cm³/mol. The van der Waals surface area contributed by atoms with Crippen LogP contribution in [0, 0.1) is 0 Å². The highest BCUT2D eigenvalue weighted by Crippen LogP contribution is 2.11. The first kappa shape index (κ1) is 19.6. The van der Waals surface area contributed by atoms with Crippen LogP contribution in [-0.4, -0.2) is 41.5 Å². The molecular weight excluding hydrogens is 367 g/mol. The highest BCUT2D eigenvalue weighted by atomic mass is 79.9. The van der Waals surface area contributed by atoms with Gasteiger partial charge in [-0.05, 0) is 40.9 Å². The van der Waals surface area contributed by atoms with Gasteiger partial charge in [0.2, 0.25) is 5.91 Å². The number of hydrogen-bond acceptors (Lipinski definition) is 4. The molecule has 1 aromatic heterocycles. The second kappa shape index (κ2) is 9.52. The molecule has 0 aliphatic carbocycles. The number of hydrogen-bond donors (Lipinski definition) is 2. The molecule has 1 aliphatic heterocycles. The van der Waals surface area contributed by atoms with Crippen LogP contribution in [0.15, 0.2) is 22.8 Å². The van der Waals surface area contributed by atoms with E-state index in [4.69, 9.17) is 5.73 Å². The molecule has 0 aromatic carbocycles. The number of anilines is 1. The summed E-state index contributed by atoms with van der Waals surface area (Å²) in [5.74, 6) is 0.553. The number of nitrogens with zero attached hydrogens (tertiary/aromatic N) is 2. The highest BCUT2D eigenvalue weighted by molar-refractivity contribution is 9.10. The molecule has 1 aromatic rings. The largest absolute Gasteiger partial charge is 0.328 e. The van der Waals surface area contributed by atoms with E-state index in [1.165, 1.54) is 0 Å². The van der Waals surface area contributed by atoms with Gasteiger partial charge in [-0.3, -0.25) is 9.69 Å². The van der Waals surface area contributed by atoms with Crippen molar-refractivity contribution in [3.63, 3.8) is 0 Å². The number of halogens is 3. The van der Waals surface area contributed by atoms with Gasteiger partial charge in [0.1, 0.15) is 5.82 Å². The maximum absolute atomic E-state index is 11.8. The molecule has 20 heavy (non-hydrogen) atoms. The zero-order valence-corrected chi connectivity index (χ0v) is 14.1. The van der Waals surface area contributed by atoms with Crippen LogP contribution in [0.1, 0.15) is 12.8 Å². The molecule has 2 heterocycles. The molecule has 1 saturated heterocycles. The minimum atomic E-state index is -0.0275. The van der Waals surface area contributed by atoms with E-state index in [1.807, 2.05) is 6.07 Å². The Morgan fingerprint density at radius 1 is 1.40 bits per heavy atom. The number of rotatable bonds is 3. The Hall–Kier alpha value is -0.400. The Kier molecular flexibility index (Phi) is 9.33. The fraction of sp³-hybridized carbons (Fsp3) is 0.500. The van der Waals surface area contributed by atoms with Crippen LogP contribution in [0.3, 0.4) is 0 Å². The van der Waals surface area contributed by atoms with Gasteiger partial charge < -0.3 is 11.1 Å². The zero-order chi connectivity index (χ0) is 13.0. The number of aromatic nitrogens is 1. The first-order valence-electron chi connectivity index (χ1n) is 6.03. The summed E-state index contributed by atoms with van der Waals surface area (Å²) in [6.07, 6.45) is 3.59. The van der Waals surface area contributed by atoms with Crippen LogP contribution in [0.2, 0.25) is 0 Å². The van der Waals surface area contributed by atoms with Gasteiger partial charge in [0.15, 0.2) is 0 Å². The number of carbonyl (C=O) groups is 1. The van der Waals surface area contributed by atoms with Crippen molar-refractivity contribution in [2.45, 2.75) is 18.9 Å². The van der Waals surface area contributed by atoms with Crippen LogP contribution >= 0.6 is 40.7 Å². The number of amides is 1. The smallest absolute Gasteiger partial charge is 0.239 e. The summed E-state index contributed by atoms with van der Waals surface area (Å²) in [5.41, 5.74) is 5.82. The summed E-state index contributed by atoms with van der Waals surface area (Å²) < 4.78 is 0.894. The number of nitrogens with one attached hydrogen (secondary N) is 1. The van der Waals surface area contributed by atoms with Gasteiger partial charge in [0, 0.05) is 29.8 Å². The molecule has 5 nitrogen and oxygen atoms in total. The van der Waals surface area contributed by atoms with Gasteiger partial charge in [-0.1, -0.05) is 0 Å². The summed E-state index contributed by atoms with van der Waals surface area (Å²) in [7, 11) is 0. The Balaban J connectivity index is 0.00000180. The minimum absolute atomic E-state index is 0. The van der Waals surface area contributed by atoms with Crippen molar-refractivity contribution >= 4 is 52.5 Å². The lowest BCUT2D eigenvalue weighted by atomic mass is 10.1. The Bertz CT molecular complexity index is 410. The summed E-state index contributed by atoms with van der Waals surface area (Å²) in [6.45, 7) is 2.19. The Morgan fingerprint density at radius 2 is 2.05 bits per heavy atom. The van der Waals surface area contributed by atoms with Crippen molar-refractivity contribution in [1.82, 2.24) is 9.88 Å². The van der Waals surface area contributed by atoms with Gasteiger partial charge in [-0.15, -0.1) is 24.8 Å². The van der Waals surface area contributed by atoms with Crippen LogP contribution in [-0.2, 0) is 4.79 Å². The lowest BCUT2D eigenvalue weighted by Gasteiger charge is -2.29. The third kappa shape index (κ3) is 6.37. The molecule has 3 N–H and O–H groups in total. The summed E-state index contributed by atoms with van der Waals surface area (Å²) in [4.78, 5) is 18.0. The molecule has 1 aliphatic rings. The Labute approximate surface area is 139 Å². The maximum Gasteiger partial charge on any atom is 0.239 e. The van der Waals surface area contributed by atoms with Gasteiger partial charge in [0.05, 0.1) is 6.54 Å².